The fourth-order valence-corrected chi connectivity index (χ4v) is 1.76. The zero-order valence-corrected chi connectivity index (χ0v) is 8.90. The summed E-state index contributed by atoms with van der Waals surface area (Å²) in [5.41, 5.74) is 5.64. The molecule has 1 aromatic heterocycles. The molecule has 1 amide bonds. The lowest BCUT2D eigenvalue weighted by atomic mass is 9.90. The monoisotopic (exact) mass is 225 g/mol. The number of ether oxygens (including phenoxy) is 1. The number of nitrogens with one attached hydrogen (secondary N) is 2. The van der Waals surface area contributed by atoms with Crippen LogP contribution in [-0.4, -0.2) is 46.6 Å². The molecule has 0 saturated carbocycles. The number of amides is 1. The van der Waals surface area contributed by atoms with Crippen LogP contribution in [0.1, 0.15) is 23.3 Å². The van der Waals surface area contributed by atoms with E-state index in [9.17, 15) is 4.79 Å². The zero-order chi connectivity index (χ0) is 11.4. The summed E-state index contributed by atoms with van der Waals surface area (Å²) in [5, 5.41) is 12.6. The van der Waals surface area contributed by atoms with Crippen molar-refractivity contribution in [3.05, 3.63) is 11.9 Å². The van der Waals surface area contributed by atoms with Crippen LogP contribution in [-0.2, 0) is 4.74 Å². The summed E-state index contributed by atoms with van der Waals surface area (Å²) in [6.45, 7) is 1.65. The zero-order valence-electron chi connectivity index (χ0n) is 8.90. The van der Waals surface area contributed by atoms with E-state index in [1.165, 1.54) is 6.20 Å². The van der Waals surface area contributed by atoms with Gasteiger partial charge in [-0.2, -0.15) is 15.4 Å². The van der Waals surface area contributed by atoms with E-state index in [1.807, 2.05) is 0 Å². The Morgan fingerprint density at radius 3 is 2.94 bits per heavy atom. The van der Waals surface area contributed by atoms with Crippen molar-refractivity contribution in [3.63, 3.8) is 0 Å². The Kier molecular flexibility index (Phi) is 3.16. The second kappa shape index (κ2) is 4.58. The smallest absolute Gasteiger partial charge is 0.273 e. The van der Waals surface area contributed by atoms with Gasteiger partial charge in [-0.1, -0.05) is 0 Å². The average Bonchev–Trinajstić information content (AvgIpc) is 2.84. The highest BCUT2D eigenvalue weighted by Gasteiger charge is 2.33. The third-order valence-electron chi connectivity index (χ3n) is 2.87. The number of nitrogens with zero attached hydrogens (tertiary/aromatic N) is 2. The maximum absolute atomic E-state index is 11.8. The van der Waals surface area contributed by atoms with Crippen LogP contribution >= 0.6 is 0 Å². The number of carbonyl (C=O) groups is 1. The van der Waals surface area contributed by atoms with Gasteiger partial charge in [0, 0.05) is 19.8 Å². The first-order valence-corrected chi connectivity index (χ1v) is 5.22. The molecule has 1 aliphatic heterocycles. The third-order valence-corrected chi connectivity index (χ3v) is 2.87. The van der Waals surface area contributed by atoms with Crippen LogP contribution in [0.15, 0.2) is 6.20 Å². The number of hydrogen-bond acceptors (Lipinski definition) is 5. The van der Waals surface area contributed by atoms with Gasteiger partial charge in [0.15, 0.2) is 5.69 Å². The fraction of sp³-hybridized carbons (Fsp3) is 0.667. The highest BCUT2D eigenvalue weighted by molar-refractivity contribution is 5.92. The Hall–Kier alpha value is -1.47. The number of nitrogens with two attached hydrogens (primary N) is 1. The molecule has 16 heavy (non-hydrogen) atoms. The lowest BCUT2D eigenvalue weighted by Crippen LogP contribution is -2.56. The quantitative estimate of drug-likeness (QED) is 0.614. The van der Waals surface area contributed by atoms with E-state index in [1.54, 1.807) is 0 Å². The third kappa shape index (κ3) is 2.20. The van der Waals surface area contributed by atoms with Crippen LogP contribution in [0.5, 0.6) is 0 Å². The van der Waals surface area contributed by atoms with Crippen LogP contribution in [0, 0.1) is 0 Å². The van der Waals surface area contributed by atoms with Crippen molar-refractivity contribution in [3.8, 4) is 0 Å². The van der Waals surface area contributed by atoms with Crippen molar-refractivity contribution in [2.45, 2.75) is 18.4 Å². The Morgan fingerprint density at radius 1 is 1.62 bits per heavy atom. The molecule has 2 rings (SSSR count). The van der Waals surface area contributed by atoms with Gasteiger partial charge in [-0.25, -0.2) is 0 Å². The molecule has 88 valence electrons. The Morgan fingerprint density at radius 2 is 2.38 bits per heavy atom. The molecule has 0 radical (unpaired) electrons. The molecule has 0 spiro atoms. The van der Waals surface area contributed by atoms with Crippen LogP contribution in [0.4, 0.5) is 0 Å². The first-order valence-electron chi connectivity index (χ1n) is 5.22. The van der Waals surface area contributed by atoms with E-state index in [0.29, 0.717) is 19.8 Å². The van der Waals surface area contributed by atoms with E-state index in [-0.39, 0.29) is 17.1 Å². The molecule has 1 saturated heterocycles. The summed E-state index contributed by atoms with van der Waals surface area (Å²) in [7, 11) is 0. The number of carbonyl (C=O) groups excluding carboxylic acids is 1. The first kappa shape index (κ1) is 11.0. The summed E-state index contributed by atoms with van der Waals surface area (Å²) in [6.07, 6.45) is 2.85. The van der Waals surface area contributed by atoms with E-state index >= 15 is 0 Å². The molecule has 0 atom stereocenters. The van der Waals surface area contributed by atoms with Gasteiger partial charge in [0.1, 0.15) is 0 Å². The van der Waals surface area contributed by atoms with E-state index in [2.05, 4.69) is 20.7 Å². The van der Waals surface area contributed by atoms with Crippen LogP contribution in [0.3, 0.4) is 0 Å². The van der Waals surface area contributed by atoms with E-state index < -0.39 is 0 Å². The Balaban J connectivity index is 2.03. The van der Waals surface area contributed by atoms with Crippen LogP contribution < -0.4 is 11.1 Å². The predicted molar refractivity (Wildman–Crippen MR) is 55.7 cm³/mol. The molecular formula is C9H15N5O2. The molecule has 0 bridgehead atoms. The van der Waals surface area contributed by atoms with Gasteiger partial charge in [-0.15, -0.1) is 0 Å². The minimum absolute atomic E-state index is 0.249. The minimum Gasteiger partial charge on any atom is -0.381 e. The largest absolute Gasteiger partial charge is 0.381 e. The first-order chi connectivity index (χ1) is 7.76. The van der Waals surface area contributed by atoms with Crippen molar-refractivity contribution >= 4 is 5.91 Å². The Labute approximate surface area is 92.7 Å². The van der Waals surface area contributed by atoms with E-state index in [4.69, 9.17) is 10.5 Å². The fourth-order valence-electron chi connectivity index (χ4n) is 1.76. The highest BCUT2D eigenvalue weighted by atomic mass is 16.5. The molecule has 1 fully saturated rings. The number of aromatic amines is 1. The van der Waals surface area contributed by atoms with Crippen molar-refractivity contribution in [1.29, 1.82) is 0 Å². The predicted octanol–water partition coefficient (Wildman–Crippen LogP) is -0.958. The summed E-state index contributed by atoms with van der Waals surface area (Å²) in [6, 6.07) is 0. The van der Waals surface area contributed by atoms with Gasteiger partial charge in [0.25, 0.3) is 5.91 Å². The maximum atomic E-state index is 11.8. The molecule has 1 aliphatic rings. The Bertz CT molecular complexity index is 345. The van der Waals surface area contributed by atoms with Crippen molar-refractivity contribution in [2.75, 3.05) is 19.8 Å². The van der Waals surface area contributed by atoms with Crippen LogP contribution in [0.25, 0.3) is 0 Å². The molecule has 4 N–H and O–H groups in total. The van der Waals surface area contributed by atoms with Crippen molar-refractivity contribution in [1.82, 2.24) is 20.7 Å². The van der Waals surface area contributed by atoms with Crippen molar-refractivity contribution < 1.29 is 9.53 Å². The number of H-pyrrole nitrogens is 1. The maximum Gasteiger partial charge on any atom is 0.273 e. The molecule has 0 aliphatic carbocycles. The molecule has 1 aromatic rings. The summed E-state index contributed by atoms with van der Waals surface area (Å²) < 4.78 is 5.26. The molecule has 7 heteroatoms. The summed E-state index contributed by atoms with van der Waals surface area (Å²) in [4.78, 5) is 11.8. The van der Waals surface area contributed by atoms with Gasteiger partial charge in [0.2, 0.25) is 0 Å². The molecule has 7 nitrogen and oxygen atoms in total. The van der Waals surface area contributed by atoms with Gasteiger partial charge in [0.05, 0.1) is 11.7 Å². The van der Waals surface area contributed by atoms with Gasteiger partial charge in [-0.3, -0.25) is 4.79 Å². The summed E-state index contributed by atoms with van der Waals surface area (Å²) >= 11 is 0. The van der Waals surface area contributed by atoms with Gasteiger partial charge >= 0.3 is 0 Å². The molecule has 0 unspecified atom stereocenters. The average molecular weight is 225 g/mol. The van der Waals surface area contributed by atoms with E-state index in [0.717, 1.165) is 12.8 Å². The second-order valence-corrected chi connectivity index (χ2v) is 3.91. The minimum atomic E-state index is -0.367. The highest BCUT2D eigenvalue weighted by Crippen LogP contribution is 2.19. The summed E-state index contributed by atoms with van der Waals surface area (Å²) in [5.74, 6) is -0.249. The number of aromatic nitrogens is 3. The number of rotatable bonds is 3. The molecule has 0 aromatic carbocycles. The molecule has 2 heterocycles. The topological polar surface area (TPSA) is 106 Å². The lowest BCUT2D eigenvalue weighted by molar-refractivity contribution is 0.0387. The van der Waals surface area contributed by atoms with Crippen LogP contribution in [0.2, 0.25) is 0 Å². The van der Waals surface area contributed by atoms with Gasteiger partial charge in [-0.05, 0) is 12.8 Å². The van der Waals surface area contributed by atoms with Gasteiger partial charge < -0.3 is 15.8 Å². The lowest BCUT2D eigenvalue weighted by Gasteiger charge is -2.36. The molecular weight excluding hydrogens is 210 g/mol. The SMILES string of the molecule is NCC1(NC(=O)c2cn[nH]n2)CCOCC1. The second-order valence-electron chi connectivity index (χ2n) is 3.91. The number of hydrogen-bond donors (Lipinski definition) is 3. The van der Waals surface area contributed by atoms with Crippen molar-refractivity contribution in [2.24, 2.45) is 5.73 Å². The standard InChI is InChI=1S/C9H15N5O2/c10-6-9(1-3-16-4-2-9)12-8(15)7-5-11-14-13-7/h5H,1-4,6,10H2,(H,12,15)(H,11,13,14). The normalized spacial score (nSPS) is 19.3.